The first kappa shape index (κ1) is 23.4. The first-order chi connectivity index (χ1) is 16.1. The highest BCUT2D eigenvalue weighted by Gasteiger charge is 2.29. The maximum absolute atomic E-state index is 13.2. The lowest BCUT2D eigenvalue weighted by molar-refractivity contribution is -0.115. The molecule has 3 aromatic rings. The number of fused-ring (bicyclic) bond motifs is 1. The van der Waals surface area contributed by atoms with E-state index in [2.05, 4.69) is 15.3 Å². The Balaban J connectivity index is 1.53. The summed E-state index contributed by atoms with van der Waals surface area (Å²) < 4.78 is 5.31. The second kappa shape index (κ2) is 10.9. The molecule has 8 heteroatoms. The number of nitrogens with one attached hydrogen (secondary N) is 1. The van der Waals surface area contributed by atoms with E-state index in [1.165, 1.54) is 34.3 Å². The number of aryl methyl sites for hydroxylation is 1. The van der Waals surface area contributed by atoms with Crippen LogP contribution in [-0.2, 0) is 22.4 Å². The van der Waals surface area contributed by atoms with Gasteiger partial charge in [0.2, 0.25) is 5.91 Å². The average Bonchev–Trinajstić information content (AvgIpc) is 3.21. The number of esters is 1. The van der Waals surface area contributed by atoms with Gasteiger partial charge in [-0.15, -0.1) is 11.3 Å². The molecule has 33 heavy (non-hydrogen) atoms. The summed E-state index contributed by atoms with van der Waals surface area (Å²) in [5.41, 5.74) is 3.41. The number of hydrogen-bond acceptors (Lipinski definition) is 7. The SMILES string of the molecule is CCOC(=O)c1c(NC(=O)C(CC)Sc2cc(-c3ccccc3)ncn2)sc2c1CCCC2. The van der Waals surface area contributed by atoms with Crippen LogP contribution in [0.5, 0.6) is 0 Å². The minimum absolute atomic E-state index is 0.133. The van der Waals surface area contributed by atoms with Crippen molar-refractivity contribution < 1.29 is 14.3 Å². The lowest BCUT2D eigenvalue weighted by Crippen LogP contribution is -2.25. The molecular formula is C25H27N3O3S2. The zero-order chi connectivity index (χ0) is 23.2. The van der Waals surface area contributed by atoms with Crippen molar-refractivity contribution in [3.63, 3.8) is 0 Å². The molecule has 0 spiro atoms. The Hall–Kier alpha value is -2.71. The maximum Gasteiger partial charge on any atom is 0.341 e. The maximum atomic E-state index is 13.2. The van der Waals surface area contributed by atoms with Crippen LogP contribution in [0, 0.1) is 0 Å². The zero-order valence-electron chi connectivity index (χ0n) is 18.8. The van der Waals surface area contributed by atoms with E-state index in [1.807, 2.05) is 43.3 Å². The first-order valence-electron chi connectivity index (χ1n) is 11.3. The second-order valence-corrected chi connectivity index (χ2v) is 10.1. The second-order valence-electron chi connectivity index (χ2n) is 7.75. The smallest absolute Gasteiger partial charge is 0.341 e. The average molecular weight is 482 g/mol. The molecule has 2 heterocycles. The van der Waals surface area contributed by atoms with Crippen LogP contribution in [0.1, 0.15) is 53.9 Å². The summed E-state index contributed by atoms with van der Waals surface area (Å²) in [5, 5.41) is 4.04. The van der Waals surface area contributed by atoms with Crippen LogP contribution in [0.25, 0.3) is 11.3 Å². The van der Waals surface area contributed by atoms with E-state index < -0.39 is 0 Å². The van der Waals surface area contributed by atoms with Crippen LogP contribution >= 0.6 is 23.1 Å². The molecule has 0 aliphatic heterocycles. The van der Waals surface area contributed by atoms with E-state index in [9.17, 15) is 9.59 Å². The fourth-order valence-electron chi connectivity index (χ4n) is 3.90. The molecule has 1 aliphatic rings. The lowest BCUT2D eigenvalue weighted by atomic mass is 9.95. The largest absolute Gasteiger partial charge is 0.462 e. The van der Waals surface area contributed by atoms with Gasteiger partial charge in [-0.25, -0.2) is 14.8 Å². The molecule has 172 valence electrons. The van der Waals surface area contributed by atoms with Crippen LogP contribution in [0.2, 0.25) is 0 Å². The number of anilines is 1. The summed E-state index contributed by atoms with van der Waals surface area (Å²) >= 11 is 2.92. The predicted molar refractivity (Wildman–Crippen MR) is 133 cm³/mol. The Morgan fingerprint density at radius 1 is 1.15 bits per heavy atom. The van der Waals surface area contributed by atoms with Crippen molar-refractivity contribution in [1.82, 2.24) is 9.97 Å². The number of aromatic nitrogens is 2. The number of thiophene rings is 1. The molecule has 1 unspecified atom stereocenters. The highest BCUT2D eigenvalue weighted by molar-refractivity contribution is 8.00. The first-order valence-corrected chi connectivity index (χ1v) is 13.0. The van der Waals surface area contributed by atoms with Crippen molar-refractivity contribution in [2.75, 3.05) is 11.9 Å². The van der Waals surface area contributed by atoms with Gasteiger partial charge in [0.1, 0.15) is 16.4 Å². The number of rotatable bonds is 8. The van der Waals surface area contributed by atoms with Gasteiger partial charge in [0, 0.05) is 10.4 Å². The number of thioether (sulfide) groups is 1. The van der Waals surface area contributed by atoms with Crippen LogP contribution in [0.15, 0.2) is 47.8 Å². The van der Waals surface area contributed by atoms with Crippen LogP contribution < -0.4 is 5.32 Å². The van der Waals surface area contributed by atoms with E-state index in [-0.39, 0.29) is 17.1 Å². The molecule has 0 saturated carbocycles. The minimum Gasteiger partial charge on any atom is -0.462 e. The van der Waals surface area contributed by atoms with Gasteiger partial charge in [-0.05, 0) is 50.7 Å². The zero-order valence-corrected chi connectivity index (χ0v) is 20.4. The highest BCUT2D eigenvalue weighted by atomic mass is 32.2. The summed E-state index contributed by atoms with van der Waals surface area (Å²) in [6.45, 7) is 4.08. The molecule has 0 bridgehead atoms. The molecular weight excluding hydrogens is 454 g/mol. The predicted octanol–water partition coefficient (Wildman–Crippen LogP) is 5.77. The summed E-state index contributed by atoms with van der Waals surface area (Å²) in [6.07, 6.45) is 6.10. The Bertz CT molecular complexity index is 1130. The van der Waals surface area contributed by atoms with Crippen molar-refractivity contribution in [2.45, 2.75) is 56.2 Å². The molecule has 0 saturated heterocycles. The number of ether oxygens (including phenoxy) is 1. The van der Waals surface area contributed by atoms with Gasteiger partial charge < -0.3 is 10.1 Å². The Kier molecular flexibility index (Phi) is 7.77. The van der Waals surface area contributed by atoms with E-state index in [1.54, 1.807) is 6.92 Å². The fraction of sp³-hybridized carbons (Fsp3) is 0.360. The molecule has 1 N–H and O–H groups in total. The number of nitrogens with zero attached hydrogens (tertiary/aromatic N) is 2. The Labute approximate surface area is 202 Å². The van der Waals surface area contributed by atoms with Gasteiger partial charge in [-0.2, -0.15) is 0 Å². The molecule has 0 radical (unpaired) electrons. The van der Waals surface area contributed by atoms with Gasteiger partial charge in [0.15, 0.2) is 0 Å². The van der Waals surface area contributed by atoms with Crippen molar-refractivity contribution in [3.05, 3.63) is 58.7 Å². The molecule has 4 rings (SSSR count). The number of carbonyl (C=O) groups is 2. The lowest BCUT2D eigenvalue weighted by Gasteiger charge is -2.15. The third-order valence-corrected chi connectivity index (χ3v) is 8.03. The number of hydrogen-bond donors (Lipinski definition) is 1. The summed E-state index contributed by atoms with van der Waals surface area (Å²) in [4.78, 5) is 35.8. The highest BCUT2D eigenvalue weighted by Crippen LogP contribution is 2.39. The number of amides is 1. The third kappa shape index (κ3) is 5.45. The molecule has 2 aromatic heterocycles. The van der Waals surface area contributed by atoms with Crippen molar-refractivity contribution in [2.24, 2.45) is 0 Å². The van der Waals surface area contributed by atoms with Gasteiger partial charge >= 0.3 is 5.97 Å². The normalized spacial score (nSPS) is 13.8. The fourth-order valence-corrected chi connectivity index (χ4v) is 6.10. The Morgan fingerprint density at radius 3 is 2.70 bits per heavy atom. The van der Waals surface area contributed by atoms with Crippen molar-refractivity contribution in [3.8, 4) is 11.3 Å². The Morgan fingerprint density at radius 2 is 1.94 bits per heavy atom. The van der Waals surface area contributed by atoms with Crippen molar-refractivity contribution >= 4 is 40.0 Å². The molecule has 1 aromatic carbocycles. The van der Waals surface area contributed by atoms with E-state index in [4.69, 9.17) is 4.74 Å². The van der Waals surface area contributed by atoms with Gasteiger partial charge in [0.25, 0.3) is 0 Å². The molecule has 6 nitrogen and oxygen atoms in total. The topological polar surface area (TPSA) is 81.2 Å². The molecule has 0 fully saturated rings. The van der Waals surface area contributed by atoms with Crippen molar-refractivity contribution in [1.29, 1.82) is 0 Å². The van der Waals surface area contributed by atoms with E-state index in [0.29, 0.717) is 23.6 Å². The summed E-state index contributed by atoms with van der Waals surface area (Å²) in [6, 6.07) is 11.8. The molecule has 1 atom stereocenters. The van der Waals surface area contributed by atoms with Gasteiger partial charge in [-0.3, -0.25) is 4.79 Å². The summed E-state index contributed by atoms with van der Waals surface area (Å²) in [5.74, 6) is -0.484. The van der Waals surface area contributed by atoms with E-state index >= 15 is 0 Å². The molecule has 1 amide bonds. The van der Waals surface area contributed by atoms with Gasteiger partial charge in [0.05, 0.1) is 23.1 Å². The standard InChI is InChI=1S/C25H27N3O3S2/c1-3-19(32-21-14-18(26-15-27-21)16-10-6-5-7-11-16)23(29)28-24-22(25(30)31-4-2)17-12-8-9-13-20(17)33-24/h5-7,10-11,14-15,19H,3-4,8-9,12-13H2,1-2H3,(H,28,29). The van der Waals surface area contributed by atoms with Crippen LogP contribution in [0.3, 0.4) is 0 Å². The third-order valence-electron chi connectivity index (χ3n) is 5.53. The van der Waals surface area contributed by atoms with E-state index in [0.717, 1.165) is 47.5 Å². The summed E-state index contributed by atoms with van der Waals surface area (Å²) in [7, 11) is 0. The minimum atomic E-state index is -0.351. The van der Waals surface area contributed by atoms with Gasteiger partial charge in [-0.1, -0.05) is 49.0 Å². The quantitative estimate of drug-likeness (QED) is 0.250. The monoisotopic (exact) mass is 481 g/mol. The number of carbonyl (C=O) groups excluding carboxylic acids is 2. The molecule has 1 aliphatic carbocycles. The number of benzene rings is 1. The van der Waals surface area contributed by atoms with Crippen LogP contribution in [-0.4, -0.2) is 33.7 Å². The van der Waals surface area contributed by atoms with Crippen LogP contribution in [0.4, 0.5) is 5.00 Å².